The van der Waals surface area contributed by atoms with E-state index < -0.39 is 18.0 Å². The van der Waals surface area contributed by atoms with E-state index in [1.54, 1.807) is 32.2 Å². The van der Waals surface area contributed by atoms with E-state index in [4.69, 9.17) is 9.26 Å². The Balaban J connectivity index is 1.66. The first kappa shape index (κ1) is 18.3. The summed E-state index contributed by atoms with van der Waals surface area (Å²) in [5.74, 6) is -0.216. The molecule has 7 nitrogen and oxygen atoms in total. The second kappa shape index (κ2) is 8.27. The molecule has 27 heavy (non-hydrogen) atoms. The van der Waals surface area contributed by atoms with Crippen molar-refractivity contribution < 1.29 is 18.8 Å². The number of anilines is 1. The number of carbonyl (C=O) groups excluding carboxylic acids is 2. The minimum Gasteiger partial charge on any atom is -0.449 e. The van der Waals surface area contributed by atoms with Gasteiger partial charge < -0.3 is 14.6 Å². The van der Waals surface area contributed by atoms with Gasteiger partial charge in [0.2, 0.25) is 0 Å². The quantitative estimate of drug-likeness (QED) is 0.531. The number of rotatable bonds is 6. The summed E-state index contributed by atoms with van der Waals surface area (Å²) in [6, 6.07) is 11.1. The fraction of sp³-hybridized carbons (Fsp3) is 0.200. The summed E-state index contributed by atoms with van der Waals surface area (Å²) in [7, 11) is 0. The van der Waals surface area contributed by atoms with E-state index in [9.17, 15) is 9.59 Å². The van der Waals surface area contributed by atoms with Gasteiger partial charge in [-0.15, -0.1) is 0 Å². The van der Waals surface area contributed by atoms with Crippen LogP contribution in [0.5, 0.6) is 0 Å². The first-order chi connectivity index (χ1) is 13.1. The third-order valence-corrected chi connectivity index (χ3v) is 3.86. The first-order valence-corrected chi connectivity index (χ1v) is 8.53. The number of hydrogen-bond acceptors (Lipinski definition) is 6. The van der Waals surface area contributed by atoms with Crippen molar-refractivity contribution >= 4 is 34.7 Å². The zero-order valence-corrected chi connectivity index (χ0v) is 15.0. The van der Waals surface area contributed by atoms with Crippen LogP contribution < -0.4 is 5.32 Å². The molecule has 1 atom stereocenters. The van der Waals surface area contributed by atoms with Gasteiger partial charge in [0.25, 0.3) is 5.91 Å². The largest absolute Gasteiger partial charge is 0.449 e. The van der Waals surface area contributed by atoms with Gasteiger partial charge in [-0.05, 0) is 25.5 Å². The number of para-hydroxylation sites is 1. The van der Waals surface area contributed by atoms with Gasteiger partial charge in [0, 0.05) is 29.3 Å². The number of aromatic nitrogens is 2. The first-order valence-electron chi connectivity index (χ1n) is 8.53. The van der Waals surface area contributed by atoms with E-state index in [1.165, 1.54) is 6.08 Å². The van der Waals surface area contributed by atoms with Gasteiger partial charge in [-0.25, -0.2) is 4.79 Å². The molecule has 1 aromatic carbocycles. The zero-order valence-electron chi connectivity index (χ0n) is 15.0. The van der Waals surface area contributed by atoms with E-state index in [-0.39, 0.29) is 5.82 Å². The Bertz CT molecular complexity index is 988. The molecule has 1 unspecified atom stereocenters. The number of aryl methyl sites for hydroxylation is 1. The zero-order chi connectivity index (χ0) is 19.2. The van der Waals surface area contributed by atoms with Gasteiger partial charge >= 0.3 is 5.97 Å². The molecule has 0 bridgehead atoms. The maximum absolute atomic E-state index is 12.2. The Morgan fingerprint density at radius 2 is 2.11 bits per heavy atom. The predicted octanol–water partition coefficient (Wildman–Crippen LogP) is 3.50. The number of hydrogen-bond donors (Lipinski definition) is 1. The topological polar surface area (TPSA) is 94.3 Å². The van der Waals surface area contributed by atoms with E-state index in [2.05, 4.69) is 15.5 Å². The molecule has 7 heteroatoms. The Morgan fingerprint density at radius 3 is 2.85 bits per heavy atom. The fourth-order valence-corrected chi connectivity index (χ4v) is 2.55. The number of carbonyl (C=O) groups is 2. The van der Waals surface area contributed by atoms with Gasteiger partial charge in [-0.3, -0.25) is 9.78 Å². The number of amides is 1. The van der Waals surface area contributed by atoms with Crippen LogP contribution in [-0.2, 0) is 14.3 Å². The van der Waals surface area contributed by atoms with Crippen molar-refractivity contribution in [2.75, 3.05) is 5.32 Å². The molecule has 3 rings (SSSR count). The number of esters is 1. The molecule has 0 radical (unpaired) electrons. The maximum Gasteiger partial charge on any atom is 0.331 e. The van der Waals surface area contributed by atoms with Gasteiger partial charge in [0.05, 0.1) is 5.52 Å². The summed E-state index contributed by atoms with van der Waals surface area (Å²) in [6.45, 7) is 3.47. The molecule has 0 aliphatic heterocycles. The lowest BCUT2D eigenvalue weighted by molar-refractivity contribution is -0.149. The van der Waals surface area contributed by atoms with Crippen molar-refractivity contribution in [1.82, 2.24) is 10.1 Å². The van der Waals surface area contributed by atoms with E-state index >= 15 is 0 Å². The number of nitrogens with one attached hydrogen (secondary N) is 1. The number of nitrogens with zero attached hydrogens (tertiary/aromatic N) is 2. The van der Waals surface area contributed by atoms with Crippen molar-refractivity contribution in [3.63, 3.8) is 0 Å². The third-order valence-electron chi connectivity index (χ3n) is 3.86. The number of fused-ring (bicyclic) bond motifs is 1. The molecule has 1 amide bonds. The second-order valence-electron chi connectivity index (χ2n) is 5.90. The van der Waals surface area contributed by atoms with Crippen molar-refractivity contribution in [1.29, 1.82) is 0 Å². The van der Waals surface area contributed by atoms with Crippen molar-refractivity contribution in [3.8, 4) is 0 Å². The standard InChI is InChI=1S/C20H19N3O4/c1-3-16(20(25)22-17-12-13(2)27-23-17)26-18(24)10-9-15-7-4-6-14-8-5-11-21-19(14)15/h4-12,16H,3H2,1-2H3,(H,22,23,25). The van der Waals surface area contributed by atoms with Crippen molar-refractivity contribution in [2.45, 2.75) is 26.4 Å². The van der Waals surface area contributed by atoms with E-state index in [0.29, 0.717) is 12.2 Å². The van der Waals surface area contributed by atoms with Crippen LogP contribution in [0.1, 0.15) is 24.7 Å². The lowest BCUT2D eigenvalue weighted by atomic mass is 10.1. The molecule has 0 saturated carbocycles. The minimum absolute atomic E-state index is 0.282. The summed E-state index contributed by atoms with van der Waals surface area (Å²) in [5, 5.41) is 7.22. The van der Waals surface area contributed by atoms with E-state index in [0.717, 1.165) is 16.5 Å². The minimum atomic E-state index is -0.926. The van der Waals surface area contributed by atoms with Gasteiger partial charge in [0.15, 0.2) is 11.9 Å². The number of pyridine rings is 1. The van der Waals surface area contributed by atoms with Crippen LogP contribution in [0, 0.1) is 6.92 Å². The Kier molecular flexibility index (Phi) is 5.61. The van der Waals surface area contributed by atoms with Crippen LogP contribution in [0.2, 0.25) is 0 Å². The monoisotopic (exact) mass is 365 g/mol. The summed E-state index contributed by atoms with van der Waals surface area (Å²) in [6.07, 6.45) is 4.02. The normalized spacial score (nSPS) is 12.2. The summed E-state index contributed by atoms with van der Waals surface area (Å²) >= 11 is 0. The lowest BCUT2D eigenvalue weighted by Crippen LogP contribution is -2.31. The molecule has 2 aromatic heterocycles. The molecule has 0 fully saturated rings. The van der Waals surface area contributed by atoms with Crippen LogP contribution in [0.4, 0.5) is 5.82 Å². The smallest absolute Gasteiger partial charge is 0.331 e. The lowest BCUT2D eigenvalue weighted by Gasteiger charge is -2.13. The second-order valence-corrected chi connectivity index (χ2v) is 5.90. The van der Waals surface area contributed by atoms with Crippen LogP contribution >= 0.6 is 0 Å². The highest BCUT2D eigenvalue weighted by molar-refractivity contribution is 5.97. The average molecular weight is 365 g/mol. The predicted molar refractivity (Wildman–Crippen MR) is 101 cm³/mol. The van der Waals surface area contributed by atoms with Crippen LogP contribution in [0.15, 0.2) is 53.2 Å². The van der Waals surface area contributed by atoms with Gasteiger partial charge in [-0.1, -0.05) is 36.3 Å². The molecule has 1 N–H and O–H groups in total. The molecular formula is C20H19N3O4. The fourth-order valence-electron chi connectivity index (χ4n) is 2.55. The maximum atomic E-state index is 12.2. The molecule has 0 spiro atoms. The summed E-state index contributed by atoms with van der Waals surface area (Å²) in [4.78, 5) is 28.7. The molecule has 2 heterocycles. The summed E-state index contributed by atoms with van der Waals surface area (Å²) < 4.78 is 10.2. The van der Waals surface area contributed by atoms with Crippen LogP contribution in [0.25, 0.3) is 17.0 Å². The summed E-state index contributed by atoms with van der Waals surface area (Å²) in [5.41, 5.74) is 1.58. The molecule has 138 valence electrons. The Morgan fingerprint density at radius 1 is 1.30 bits per heavy atom. The molecular weight excluding hydrogens is 346 g/mol. The molecule has 0 saturated heterocycles. The van der Waals surface area contributed by atoms with Gasteiger partial charge in [-0.2, -0.15) is 0 Å². The highest BCUT2D eigenvalue weighted by atomic mass is 16.5. The van der Waals surface area contributed by atoms with Crippen molar-refractivity contribution in [3.05, 3.63) is 60.0 Å². The number of ether oxygens (including phenoxy) is 1. The SMILES string of the molecule is CCC(OC(=O)C=Cc1cccc2cccnc12)C(=O)Nc1cc(C)on1. The highest BCUT2D eigenvalue weighted by Gasteiger charge is 2.21. The van der Waals surface area contributed by atoms with Crippen LogP contribution in [-0.4, -0.2) is 28.1 Å². The van der Waals surface area contributed by atoms with Crippen LogP contribution in [0.3, 0.4) is 0 Å². The number of benzene rings is 1. The molecule has 0 aliphatic carbocycles. The molecule has 0 aliphatic rings. The van der Waals surface area contributed by atoms with Gasteiger partial charge in [0.1, 0.15) is 5.76 Å². The third kappa shape index (κ3) is 4.58. The Hall–Kier alpha value is -3.48. The van der Waals surface area contributed by atoms with Crippen molar-refractivity contribution in [2.24, 2.45) is 0 Å². The highest BCUT2D eigenvalue weighted by Crippen LogP contribution is 2.17. The molecule has 3 aromatic rings. The van der Waals surface area contributed by atoms with E-state index in [1.807, 2.05) is 30.3 Å². The Labute approximate surface area is 156 Å². The average Bonchev–Trinajstić information content (AvgIpc) is 3.08.